The number of nitrogens with one attached hydrogen (secondary N) is 1. The predicted octanol–water partition coefficient (Wildman–Crippen LogP) is 3.49. The van der Waals surface area contributed by atoms with Gasteiger partial charge in [0, 0.05) is 6.61 Å². The standard InChI is InChI=1S/C15H25NO2/c1-16-10-14-8-9-15(18-14)12-17-11-13-6-4-2-3-5-7-13/h8-9,13,16H,2-7,10-12H2,1H3. The highest BCUT2D eigenvalue weighted by molar-refractivity contribution is 5.06. The molecule has 0 amide bonds. The van der Waals surface area contributed by atoms with Crippen LogP contribution in [0.1, 0.15) is 50.0 Å². The zero-order chi connectivity index (χ0) is 12.6. The molecule has 1 aromatic heterocycles. The lowest BCUT2D eigenvalue weighted by Crippen LogP contribution is -2.08. The van der Waals surface area contributed by atoms with Crippen LogP contribution in [0.3, 0.4) is 0 Å². The van der Waals surface area contributed by atoms with E-state index in [9.17, 15) is 0 Å². The van der Waals surface area contributed by atoms with Crippen molar-refractivity contribution in [3.63, 3.8) is 0 Å². The maximum atomic E-state index is 5.79. The Hall–Kier alpha value is -0.800. The molecule has 18 heavy (non-hydrogen) atoms. The lowest BCUT2D eigenvalue weighted by Gasteiger charge is -2.13. The number of hydrogen-bond acceptors (Lipinski definition) is 3. The average Bonchev–Trinajstić information content (AvgIpc) is 2.65. The minimum absolute atomic E-state index is 0.611. The van der Waals surface area contributed by atoms with Gasteiger partial charge in [-0.25, -0.2) is 0 Å². The quantitative estimate of drug-likeness (QED) is 0.786. The van der Waals surface area contributed by atoms with Crippen LogP contribution in [0, 0.1) is 5.92 Å². The Balaban J connectivity index is 1.67. The summed E-state index contributed by atoms with van der Waals surface area (Å²) in [5.41, 5.74) is 0. The van der Waals surface area contributed by atoms with Crippen molar-refractivity contribution in [1.82, 2.24) is 5.32 Å². The number of ether oxygens (including phenoxy) is 1. The van der Waals surface area contributed by atoms with Crippen LogP contribution < -0.4 is 5.32 Å². The summed E-state index contributed by atoms with van der Waals surface area (Å²) in [5.74, 6) is 2.68. The third kappa shape index (κ3) is 4.46. The van der Waals surface area contributed by atoms with Gasteiger partial charge in [0.2, 0.25) is 0 Å². The molecule has 0 bridgehead atoms. The normalized spacial score (nSPS) is 17.8. The fraction of sp³-hybridized carbons (Fsp3) is 0.733. The Morgan fingerprint density at radius 3 is 2.61 bits per heavy atom. The van der Waals surface area contributed by atoms with E-state index in [1.807, 2.05) is 19.2 Å². The van der Waals surface area contributed by atoms with Gasteiger partial charge in [0.25, 0.3) is 0 Å². The summed E-state index contributed by atoms with van der Waals surface area (Å²) in [5, 5.41) is 3.08. The van der Waals surface area contributed by atoms with E-state index < -0.39 is 0 Å². The third-order valence-electron chi connectivity index (χ3n) is 3.64. The molecule has 3 nitrogen and oxygen atoms in total. The Morgan fingerprint density at radius 1 is 1.17 bits per heavy atom. The van der Waals surface area contributed by atoms with Crippen LogP contribution in [0.5, 0.6) is 0 Å². The molecule has 3 heteroatoms. The smallest absolute Gasteiger partial charge is 0.129 e. The average molecular weight is 251 g/mol. The number of hydrogen-bond donors (Lipinski definition) is 1. The molecule has 1 saturated carbocycles. The monoisotopic (exact) mass is 251 g/mol. The molecule has 0 atom stereocenters. The number of rotatable bonds is 6. The van der Waals surface area contributed by atoms with Gasteiger partial charge < -0.3 is 14.5 Å². The van der Waals surface area contributed by atoms with Crippen molar-refractivity contribution in [2.45, 2.75) is 51.7 Å². The zero-order valence-corrected chi connectivity index (χ0v) is 11.4. The highest BCUT2D eigenvalue weighted by atomic mass is 16.5. The van der Waals surface area contributed by atoms with Crippen molar-refractivity contribution < 1.29 is 9.15 Å². The van der Waals surface area contributed by atoms with Gasteiger partial charge in [-0.1, -0.05) is 25.7 Å². The van der Waals surface area contributed by atoms with E-state index in [4.69, 9.17) is 9.15 Å². The second kappa shape index (κ2) is 7.59. The van der Waals surface area contributed by atoms with Gasteiger partial charge in [-0.3, -0.25) is 0 Å². The van der Waals surface area contributed by atoms with Gasteiger partial charge in [-0.15, -0.1) is 0 Å². The van der Waals surface area contributed by atoms with Crippen molar-refractivity contribution in [3.8, 4) is 0 Å². The first-order valence-electron chi connectivity index (χ1n) is 7.18. The van der Waals surface area contributed by atoms with E-state index in [1.165, 1.54) is 38.5 Å². The molecule has 0 spiro atoms. The summed E-state index contributed by atoms with van der Waals surface area (Å²) in [7, 11) is 1.92. The van der Waals surface area contributed by atoms with E-state index in [0.29, 0.717) is 6.61 Å². The summed E-state index contributed by atoms with van der Waals surface area (Å²) in [6, 6.07) is 4.03. The molecule has 1 aliphatic carbocycles. The van der Waals surface area contributed by atoms with E-state index in [2.05, 4.69) is 5.32 Å². The van der Waals surface area contributed by atoms with Crippen molar-refractivity contribution >= 4 is 0 Å². The summed E-state index contributed by atoms with van der Waals surface area (Å²) >= 11 is 0. The molecule has 1 heterocycles. The molecule has 1 N–H and O–H groups in total. The van der Waals surface area contributed by atoms with Crippen LogP contribution >= 0.6 is 0 Å². The summed E-state index contributed by atoms with van der Waals surface area (Å²) in [4.78, 5) is 0. The van der Waals surface area contributed by atoms with Gasteiger partial charge in [0.15, 0.2) is 0 Å². The van der Waals surface area contributed by atoms with Gasteiger partial charge in [-0.05, 0) is 37.9 Å². The highest BCUT2D eigenvalue weighted by Gasteiger charge is 2.12. The lowest BCUT2D eigenvalue weighted by molar-refractivity contribution is 0.0702. The number of furan rings is 1. The second-order valence-corrected chi connectivity index (χ2v) is 5.27. The second-order valence-electron chi connectivity index (χ2n) is 5.27. The lowest BCUT2D eigenvalue weighted by atomic mass is 10.0. The first-order chi connectivity index (χ1) is 8.88. The van der Waals surface area contributed by atoms with Gasteiger partial charge >= 0.3 is 0 Å². The van der Waals surface area contributed by atoms with Crippen LogP contribution in [-0.4, -0.2) is 13.7 Å². The van der Waals surface area contributed by atoms with Gasteiger partial charge in [0.05, 0.1) is 6.54 Å². The minimum atomic E-state index is 0.611. The molecular weight excluding hydrogens is 226 g/mol. The Morgan fingerprint density at radius 2 is 1.89 bits per heavy atom. The molecular formula is C15H25NO2. The molecule has 1 fully saturated rings. The molecule has 1 aliphatic rings. The predicted molar refractivity (Wildman–Crippen MR) is 72.3 cm³/mol. The fourth-order valence-electron chi connectivity index (χ4n) is 2.63. The first-order valence-corrected chi connectivity index (χ1v) is 7.18. The van der Waals surface area contributed by atoms with E-state index in [0.717, 1.165) is 30.6 Å². The maximum Gasteiger partial charge on any atom is 0.129 e. The molecule has 0 aliphatic heterocycles. The van der Waals surface area contributed by atoms with Crippen LogP contribution in [0.4, 0.5) is 0 Å². The molecule has 0 saturated heterocycles. The Kier molecular flexibility index (Phi) is 5.75. The van der Waals surface area contributed by atoms with Crippen LogP contribution in [-0.2, 0) is 17.9 Å². The molecule has 0 aromatic carbocycles. The van der Waals surface area contributed by atoms with Crippen molar-refractivity contribution in [2.24, 2.45) is 5.92 Å². The van der Waals surface area contributed by atoms with Crippen LogP contribution in [0.15, 0.2) is 16.5 Å². The zero-order valence-electron chi connectivity index (χ0n) is 11.4. The van der Waals surface area contributed by atoms with Gasteiger partial charge in [-0.2, -0.15) is 0 Å². The summed E-state index contributed by atoms with van der Waals surface area (Å²) < 4.78 is 11.4. The Bertz CT molecular complexity index is 327. The van der Waals surface area contributed by atoms with E-state index >= 15 is 0 Å². The molecule has 102 valence electrons. The van der Waals surface area contributed by atoms with Crippen molar-refractivity contribution in [2.75, 3.05) is 13.7 Å². The first kappa shape index (κ1) is 13.6. The van der Waals surface area contributed by atoms with Gasteiger partial charge in [0.1, 0.15) is 18.1 Å². The van der Waals surface area contributed by atoms with E-state index in [1.54, 1.807) is 0 Å². The summed E-state index contributed by atoms with van der Waals surface area (Å²) in [6.45, 7) is 2.28. The molecule has 2 rings (SSSR count). The minimum Gasteiger partial charge on any atom is -0.462 e. The largest absolute Gasteiger partial charge is 0.462 e. The highest BCUT2D eigenvalue weighted by Crippen LogP contribution is 2.23. The third-order valence-corrected chi connectivity index (χ3v) is 3.64. The van der Waals surface area contributed by atoms with Crippen molar-refractivity contribution in [3.05, 3.63) is 23.7 Å². The van der Waals surface area contributed by atoms with Crippen LogP contribution in [0.2, 0.25) is 0 Å². The Labute approximate surface area is 110 Å². The molecule has 1 aromatic rings. The van der Waals surface area contributed by atoms with Crippen molar-refractivity contribution in [1.29, 1.82) is 0 Å². The molecule has 0 radical (unpaired) electrons. The maximum absolute atomic E-state index is 5.79. The van der Waals surface area contributed by atoms with E-state index in [-0.39, 0.29) is 0 Å². The fourth-order valence-corrected chi connectivity index (χ4v) is 2.63. The molecule has 0 unspecified atom stereocenters. The summed E-state index contributed by atoms with van der Waals surface area (Å²) in [6.07, 6.45) is 8.23. The topological polar surface area (TPSA) is 34.4 Å². The SMILES string of the molecule is CNCc1ccc(COCC2CCCCCC2)o1. The van der Waals surface area contributed by atoms with Crippen LogP contribution in [0.25, 0.3) is 0 Å².